The molecule has 2 rings (SSSR count). The summed E-state index contributed by atoms with van der Waals surface area (Å²) in [5, 5.41) is 3.42. The summed E-state index contributed by atoms with van der Waals surface area (Å²) in [6.45, 7) is 8.34. The van der Waals surface area contributed by atoms with Crippen LogP contribution in [0.4, 0.5) is 0 Å². The van der Waals surface area contributed by atoms with Crippen molar-refractivity contribution in [2.45, 2.75) is 46.2 Å². The van der Waals surface area contributed by atoms with Crippen LogP contribution in [0.3, 0.4) is 0 Å². The fourth-order valence-corrected chi connectivity index (χ4v) is 1.98. The zero-order valence-corrected chi connectivity index (χ0v) is 12.0. The van der Waals surface area contributed by atoms with Crippen LogP contribution in [0.5, 0.6) is 5.75 Å². The number of ether oxygens (including phenoxy) is 1. The first-order chi connectivity index (χ1) is 8.74. The van der Waals surface area contributed by atoms with E-state index in [9.17, 15) is 0 Å². The van der Waals surface area contributed by atoms with Gasteiger partial charge in [0.1, 0.15) is 11.6 Å². The van der Waals surface area contributed by atoms with Gasteiger partial charge in [0.05, 0.1) is 13.2 Å². The van der Waals surface area contributed by atoms with Crippen LogP contribution in [0.15, 0.2) is 29.3 Å². The van der Waals surface area contributed by atoms with Crippen LogP contribution in [0.1, 0.15) is 39.7 Å². The number of hydrogen-bond acceptors (Lipinski definition) is 3. The number of amidine groups is 1. The van der Waals surface area contributed by atoms with E-state index in [0.29, 0.717) is 12.1 Å². The first kappa shape index (κ1) is 14.6. The van der Waals surface area contributed by atoms with Gasteiger partial charge in [-0.05, 0) is 37.6 Å². The van der Waals surface area contributed by atoms with Gasteiger partial charge >= 0.3 is 0 Å². The minimum Gasteiger partial charge on any atom is -0.497 e. The van der Waals surface area contributed by atoms with Gasteiger partial charge in [0.2, 0.25) is 0 Å². The summed E-state index contributed by atoms with van der Waals surface area (Å²) in [6.07, 6.45) is 1.08. The highest BCUT2D eigenvalue weighted by atomic mass is 16.5. The Bertz CT molecular complexity index is 384. The number of benzene rings is 1. The molecule has 1 aromatic rings. The SMILES string of the molecule is CC.CCC1N=C(c2ccc(OC)cc2)NC1C. The maximum absolute atomic E-state index is 5.13. The summed E-state index contributed by atoms with van der Waals surface area (Å²) in [6, 6.07) is 8.83. The van der Waals surface area contributed by atoms with Gasteiger partial charge in [-0.25, -0.2) is 0 Å². The molecular formula is C15H24N2O. The highest BCUT2D eigenvalue weighted by molar-refractivity contribution is 6.00. The second kappa shape index (κ2) is 7.04. The Hall–Kier alpha value is -1.51. The fourth-order valence-electron chi connectivity index (χ4n) is 1.98. The van der Waals surface area contributed by atoms with E-state index in [4.69, 9.17) is 4.74 Å². The number of nitrogens with zero attached hydrogens (tertiary/aromatic N) is 1. The molecule has 1 N–H and O–H groups in total. The molecule has 1 aliphatic rings. The van der Waals surface area contributed by atoms with Crippen LogP contribution in [-0.4, -0.2) is 25.0 Å². The lowest BCUT2D eigenvalue weighted by Gasteiger charge is -2.10. The van der Waals surface area contributed by atoms with Crippen molar-refractivity contribution >= 4 is 5.84 Å². The van der Waals surface area contributed by atoms with Crippen LogP contribution in [0.2, 0.25) is 0 Å². The molecule has 100 valence electrons. The van der Waals surface area contributed by atoms with Gasteiger partial charge in [-0.2, -0.15) is 0 Å². The lowest BCUT2D eigenvalue weighted by molar-refractivity contribution is 0.415. The van der Waals surface area contributed by atoms with Crippen LogP contribution >= 0.6 is 0 Å². The molecule has 0 saturated heterocycles. The van der Waals surface area contributed by atoms with E-state index < -0.39 is 0 Å². The maximum atomic E-state index is 5.13. The smallest absolute Gasteiger partial charge is 0.128 e. The van der Waals surface area contributed by atoms with Crippen LogP contribution in [-0.2, 0) is 0 Å². The first-order valence-electron chi connectivity index (χ1n) is 6.73. The Labute approximate surface area is 110 Å². The molecule has 1 aliphatic heterocycles. The van der Waals surface area contributed by atoms with Crippen molar-refractivity contribution in [3.8, 4) is 5.75 Å². The third-order valence-corrected chi connectivity index (χ3v) is 3.02. The van der Waals surface area contributed by atoms with Gasteiger partial charge in [0.15, 0.2) is 0 Å². The predicted molar refractivity (Wildman–Crippen MR) is 77.6 cm³/mol. The average molecular weight is 248 g/mol. The monoisotopic (exact) mass is 248 g/mol. The quantitative estimate of drug-likeness (QED) is 0.891. The second-order valence-corrected chi connectivity index (χ2v) is 4.11. The van der Waals surface area contributed by atoms with Gasteiger partial charge in [-0.3, -0.25) is 4.99 Å². The fraction of sp³-hybridized carbons (Fsp3) is 0.533. The average Bonchev–Trinajstić information content (AvgIpc) is 2.82. The Morgan fingerprint density at radius 3 is 2.28 bits per heavy atom. The molecule has 1 aromatic carbocycles. The highest BCUT2D eigenvalue weighted by Crippen LogP contribution is 2.17. The van der Waals surface area contributed by atoms with Crippen molar-refractivity contribution in [2.24, 2.45) is 4.99 Å². The van der Waals surface area contributed by atoms with Crippen molar-refractivity contribution in [2.75, 3.05) is 7.11 Å². The molecule has 0 aliphatic carbocycles. The summed E-state index contributed by atoms with van der Waals surface area (Å²) in [7, 11) is 1.68. The predicted octanol–water partition coefficient (Wildman–Crippen LogP) is 3.24. The largest absolute Gasteiger partial charge is 0.497 e. The molecule has 0 bridgehead atoms. The molecule has 2 atom stereocenters. The Balaban J connectivity index is 0.000000771. The molecule has 0 fully saturated rings. The van der Waals surface area contributed by atoms with E-state index in [1.807, 2.05) is 38.1 Å². The summed E-state index contributed by atoms with van der Waals surface area (Å²) in [4.78, 5) is 4.68. The van der Waals surface area contributed by atoms with Gasteiger partial charge in [0.25, 0.3) is 0 Å². The number of rotatable bonds is 3. The van der Waals surface area contributed by atoms with Crippen molar-refractivity contribution in [3.05, 3.63) is 29.8 Å². The Kier molecular flexibility index (Phi) is 5.69. The standard InChI is InChI=1S/C13H18N2O.C2H6/c1-4-12-9(2)14-13(15-12)10-5-7-11(16-3)8-6-10;1-2/h5-9,12H,4H2,1-3H3,(H,14,15);1-2H3. The number of hydrogen-bond donors (Lipinski definition) is 1. The van der Waals surface area contributed by atoms with Crippen molar-refractivity contribution in [1.29, 1.82) is 0 Å². The Morgan fingerprint density at radius 1 is 1.22 bits per heavy atom. The minimum atomic E-state index is 0.400. The van der Waals surface area contributed by atoms with E-state index in [2.05, 4.69) is 24.2 Å². The zero-order chi connectivity index (χ0) is 13.5. The summed E-state index contributed by atoms with van der Waals surface area (Å²) in [5.41, 5.74) is 1.13. The van der Waals surface area contributed by atoms with Gasteiger partial charge in [-0.15, -0.1) is 0 Å². The second-order valence-electron chi connectivity index (χ2n) is 4.11. The highest BCUT2D eigenvalue weighted by Gasteiger charge is 2.23. The molecule has 0 amide bonds. The van der Waals surface area contributed by atoms with E-state index in [1.165, 1.54) is 0 Å². The van der Waals surface area contributed by atoms with Crippen LogP contribution < -0.4 is 10.1 Å². The summed E-state index contributed by atoms with van der Waals surface area (Å²) < 4.78 is 5.13. The summed E-state index contributed by atoms with van der Waals surface area (Å²) >= 11 is 0. The van der Waals surface area contributed by atoms with E-state index >= 15 is 0 Å². The molecule has 2 unspecified atom stereocenters. The number of methoxy groups -OCH3 is 1. The van der Waals surface area contributed by atoms with E-state index in [-0.39, 0.29) is 0 Å². The number of aliphatic imine (C=N–C) groups is 1. The van der Waals surface area contributed by atoms with Crippen LogP contribution in [0, 0.1) is 0 Å². The van der Waals surface area contributed by atoms with Crippen molar-refractivity contribution in [1.82, 2.24) is 5.32 Å². The lowest BCUT2D eigenvalue weighted by Crippen LogP contribution is -2.31. The summed E-state index contributed by atoms with van der Waals surface area (Å²) in [5.74, 6) is 1.88. The molecule has 0 radical (unpaired) electrons. The minimum absolute atomic E-state index is 0.400. The molecule has 0 aromatic heterocycles. The molecule has 1 heterocycles. The van der Waals surface area contributed by atoms with Crippen LogP contribution in [0.25, 0.3) is 0 Å². The van der Waals surface area contributed by atoms with E-state index in [1.54, 1.807) is 7.11 Å². The lowest BCUT2D eigenvalue weighted by atomic mass is 10.1. The first-order valence-corrected chi connectivity index (χ1v) is 6.73. The molecule has 3 heteroatoms. The molecule has 0 saturated carbocycles. The maximum Gasteiger partial charge on any atom is 0.128 e. The number of nitrogens with one attached hydrogen (secondary N) is 1. The third kappa shape index (κ3) is 3.25. The molecule has 0 spiro atoms. The van der Waals surface area contributed by atoms with Gasteiger partial charge in [-0.1, -0.05) is 20.8 Å². The molecule has 3 nitrogen and oxygen atoms in total. The van der Waals surface area contributed by atoms with Crippen molar-refractivity contribution in [3.63, 3.8) is 0 Å². The van der Waals surface area contributed by atoms with Gasteiger partial charge in [0, 0.05) is 11.6 Å². The molecule has 18 heavy (non-hydrogen) atoms. The van der Waals surface area contributed by atoms with E-state index in [0.717, 1.165) is 23.6 Å². The van der Waals surface area contributed by atoms with Gasteiger partial charge < -0.3 is 10.1 Å². The Morgan fingerprint density at radius 2 is 1.83 bits per heavy atom. The van der Waals surface area contributed by atoms with Crippen molar-refractivity contribution < 1.29 is 4.74 Å². The third-order valence-electron chi connectivity index (χ3n) is 3.02. The zero-order valence-electron chi connectivity index (χ0n) is 12.0. The molecular weight excluding hydrogens is 224 g/mol. The normalized spacial score (nSPS) is 21.5. The topological polar surface area (TPSA) is 33.6 Å².